The SMILES string of the molecule is CCC(O)(CC)CNC(=O)NCc1ccc2[nH]c(C)c(C)c2c1. The maximum absolute atomic E-state index is 11.9. The number of amides is 2. The first-order valence-electron chi connectivity index (χ1n) is 8.20. The highest BCUT2D eigenvalue weighted by molar-refractivity contribution is 5.85. The minimum atomic E-state index is -0.823. The van der Waals surface area contributed by atoms with E-state index in [-0.39, 0.29) is 12.6 Å². The number of hydrogen-bond donors (Lipinski definition) is 4. The van der Waals surface area contributed by atoms with Crippen molar-refractivity contribution >= 4 is 16.9 Å². The Labute approximate surface area is 137 Å². The predicted molar refractivity (Wildman–Crippen MR) is 93.5 cm³/mol. The molecule has 0 aliphatic carbocycles. The first-order valence-corrected chi connectivity index (χ1v) is 8.20. The molecule has 1 heterocycles. The molecule has 4 N–H and O–H groups in total. The van der Waals surface area contributed by atoms with E-state index in [0.717, 1.165) is 11.1 Å². The fraction of sp³-hybridized carbons (Fsp3) is 0.500. The van der Waals surface area contributed by atoms with E-state index in [1.54, 1.807) is 0 Å². The molecule has 0 spiro atoms. The highest BCUT2D eigenvalue weighted by Crippen LogP contribution is 2.22. The highest BCUT2D eigenvalue weighted by Gasteiger charge is 2.22. The fourth-order valence-electron chi connectivity index (χ4n) is 2.61. The van der Waals surface area contributed by atoms with Gasteiger partial charge in [-0.15, -0.1) is 0 Å². The number of aromatic nitrogens is 1. The van der Waals surface area contributed by atoms with Gasteiger partial charge in [-0.2, -0.15) is 0 Å². The minimum absolute atomic E-state index is 0.257. The number of H-pyrrole nitrogens is 1. The standard InChI is InChI=1S/C18H27N3O2/c1-5-18(23,6-2)11-20-17(22)19-10-14-7-8-16-15(9-14)12(3)13(4)21-16/h7-9,21,23H,5-6,10-11H2,1-4H3,(H2,19,20,22). The molecule has 2 amide bonds. The minimum Gasteiger partial charge on any atom is -0.388 e. The molecule has 2 aromatic rings. The van der Waals surface area contributed by atoms with Crippen molar-refractivity contribution in [2.24, 2.45) is 0 Å². The van der Waals surface area contributed by atoms with Gasteiger partial charge in [0.2, 0.25) is 0 Å². The lowest BCUT2D eigenvalue weighted by molar-refractivity contribution is 0.0349. The molecule has 0 radical (unpaired) electrons. The number of rotatable bonds is 6. The summed E-state index contributed by atoms with van der Waals surface area (Å²) in [6.07, 6.45) is 1.24. The van der Waals surface area contributed by atoms with E-state index in [2.05, 4.69) is 35.5 Å². The zero-order chi connectivity index (χ0) is 17.0. The Morgan fingerprint density at radius 3 is 2.57 bits per heavy atom. The van der Waals surface area contributed by atoms with Crippen molar-refractivity contribution in [1.29, 1.82) is 0 Å². The Hall–Kier alpha value is -2.01. The Balaban J connectivity index is 1.93. The van der Waals surface area contributed by atoms with Crippen LogP contribution in [0.3, 0.4) is 0 Å². The number of fused-ring (bicyclic) bond motifs is 1. The van der Waals surface area contributed by atoms with Gasteiger partial charge in [-0.3, -0.25) is 0 Å². The molecule has 0 saturated heterocycles. The van der Waals surface area contributed by atoms with Crippen molar-refractivity contribution in [3.63, 3.8) is 0 Å². The van der Waals surface area contributed by atoms with E-state index in [9.17, 15) is 9.90 Å². The number of carbonyl (C=O) groups is 1. The monoisotopic (exact) mass is 317 g/mol. The largest absolute Gasteiger partial charge is 0.388 e. The van der Waals surface area contributed by atoms with Crippen LogP contribution in [0.1, 0.15) is 43.5 Å². The lowest BCUT2D eigenvalue weighted by atomic mass is 9.98. The van der Waals surface area contributed by atoms with Gasteiger partial charge in [0.15, 0.2) is 0 Å². The number of benzene rings is 1. The van der Waals surface area contributed by atoms with Crippen molar-refractivity contribution in [3.05, 3.63) is 35.0 Å². The maximum atomic E-state index is 11.9. The maximum Gasteiger partial charge on any atom is 0.315 e. The topological polar surface area (TPSA) is 77.2 Å². The zero-order valence-electron chi connectivity index (χ0n) is 14.4. The summed E-state index contributed by atoms with van der Waals surface area (Å²) >= 11 is 0. The van der Waals surface area contributed by atoms with Crippen LogP contribution in [0.2, 0.25) is 0 Å². The van der Waals surface area contributed by atoms with Crippen LogP contribution in [0.5, 0.6) is 0 Å². The quantitative estimate of drug-likeness (QED) is 0.660. The van der Waals surface area contributed by atoms with Gasteiger partial charge >= 0.3 is 6.03 Å². The third-order valence-corrected chi connectivity index (χ3v) is 4.72. The smallest absolute Gasteiger partial charge is 0.315 e. The second-order valence-electron chi connectivity index (χ2n) is 6.22. The van der Waals surface area contributed by atoms with Crippen LogP contribution in [-0.4, -0.2) is 28.3 Å². The molecular formula is C18H27N3O2. The number of aryl methyl sites for hydroxylation is 2. The molecular weight excluding hydrogens is 290 g/mol. The van der Waals surface area contributed by atoms with Crippen molar-refractivity contribution in [3.8, 4) is 0 Å². The van der Waals surface area contributed by atoms with Crippen LogP contribution in [0.4, 0.5) is 4.79 Å². The first kappa shape index (κ1) is 17.3. The summed E-state index contributed by atoms with van der Waals surface area (Å²) in [5.74, 6) is 0. The van der Waals surface area contributed by atoms with Gasteiger partial charge in [0.05, 0.1) is 5.60 Å². The molecule has 0 aliphatic heterocycles. The Kier molecular flexibility index (Phi) is 5.31. The van der Waals surface area contributed by atoms with Crippen LogP contribution < -0.4 is 10.6 Å². The summed E-state index contributed by atoms with van der Waals surface area (Å²) in [6, 6.07) is 5.89. The number of aliphatic hydroxyl groups is 1. The number of aromatic amines is 1. The van der Waals surface area contributed by atoms with E-state index in [4.69, 9.17) is 0 Å². The Morgan fingerprint density at radius 2 is 1.91 bits per heavy atom. The van der Waals surface area contributed by atoms with E-state index in [0.29, 0.717) is 19.4 Å². The lowest BCUT2D eigenvalue weighted by Gasteiger charge is -2.25. The summed E-state index contributed by atoms with van der Waals surface area (Å²) in [5, 5.41) is 16.9. The van der Waals surface area contributed by atoms with Gasteiger partial charge in [-0.25, -0.2) is 4.79 Å². The molecule has 126 valence electrons. The van der Waals surface area contributed by atoms with Crippen molar-refractivity contribution in [2.45, 2.75) is 52.7 Å². The molecule has 23 heavy (non-hydrogen) atoms. The summed E-state index contributed by atoms with van der Waals surface area (Å²) in [4.78, 5) is 15.2. The molecule has 0 aliphatic rings. The van der Waals surface area contributed by atoms with Crippen LogP contribution in [0.15, 0.2) is 18.2 Å². The molecule has 5 nitrogen and oxygen atoms in total. The van der Waals surface area contributed by atoms with Crippen LogP contribution >= 0.6 is 0 Å². The van der Waals surface area contributed by atoms with Crippen LogP contribution in [-0.2, 0) is 6.54 Å². The van der Waals surface area contributed by atoms with Gasteiger partial charge in [-0.05, 0) is 49.9 Å². The number of urea groups is 1. The van der Waals surface area contributed by atoms with Crippen molar-refractivity contribution < 1.29 is 9.90 Å². The van der Waals surface area contributed by atoms with E-state index in [1.807, 2.05) is 26.0 Å². The third-order valence-electron chi connectivity index (χ3n) is 4.72. The van der Waals surface area contributed by atoms with E-state index < -0.39 is 5.60 Å². The average molecular weight is 317 g/mol. The summed E-state index contributed by atoms with van der Waals surface area (Å²) in [7, 11) is 0. The van der Waals surface area contributed by atoms with Gasteiger partial charge in [0.25, 0.3) is 0 Å². The van der Waals surface area contributed by atoms with Crippen LogP contribution in [0.25, 0.3) is 10.9 Å². The predicted octanol–water partition coefficient (Wildman–Crippen LogP) is 3.14. The Morgan fingerprint density at radius 1 is 1.22 bits per heavy atom. The molecule has 0 unspecified atom stereocenters. The van der Waals surface area contributed by atoms with E-state index >= 15 is 0 Å². The molecule has 1 aromatic carbocycles. The van der Waals surface area contributed by atoms with Gasteiger partial charge in [0, 0.05) is 29.7 Å². The van der Waals surface area contributed by atoms with Crippen molar-refractivity contribution in [2.75, 3.05) is 6.54 Å². The number of nitrogens with one attached hydrogen (secondary N) is 3. The van der Waals surface area contributed by atoms with Crippen LogP contribution in [0, 0.1) is 13.8 Å². The number of hydrogen-bond acceptors (Lipinski definition) is 2. The van der Waals surface area contributed by atoms with Gasteiger partial charge in [0.1, 0.15) is 0 Å². The fourth-order valence-corrected chi connectivity index (χ4v) is 2.61. The molecule has 5 heteroatoms. The summed E-state index contributed by atoms with van der Waals surface area (Å²) < 4.78 is 0. The highest BCUT2D eigenvalue weighted by atomic mass is 16.3. The summed E-state index contributed by atoms with van der Waals surface area (Å²) in [5.41, 5.74) is 3.75. The average Bonchev–Trinajstić information content (AvgIpc) is 2.85. The molecule has 1 aromatic heterocycles. The normalized spacial score (nSPS) is 11.7. The molecule has 2 rings (SSSR count). The second kappa shape index (κ2) is 7.04. The lowest BCUT2D eigenvalue weighted by Crippen LogP contribution is -2.45. The third kappa shape index (κ3) is 4.05. The summed E-state index contributed by atoms with van der Waals surface area (Å²) in [6.45, 7) is 8.71. The molecule has 0 bridgehead atoms. The molecule has 0 atom stereocenters. The van der Waals surface area contributed by atoms with Crippen molar-refractivity contribution in [1.82, 2.24) is 15.6 Å². The first-order chi connectivity index (χ1) is 10.9. The number of carbonyl (C=O) groups excluding carboxylic acids is 1. The zero-order valence-corrected chi connectivity index (χ0v) is 14.4. The molecule has 0 fully saturated rings. The Bertz CT molecular complexity index is 687. The van der Waals surface area contributed by atoms with Gasteiger partial charge < -0.3 is 20.7 Å². The van der Waals surface area contributed by atoms with Gasteiger partial charge in [-0.1, -0.05) is 19.9 Å². The second-order valence-corrected chi connectivity index (χ2v) is 6.22. The van der Waals surface area contributed by atoms with E-state index in [1.165, 1.54) is 16.6 Å². The molecule has 0 saturated carbocycles.